The van der Waals surface area contributed by atoms with Crippen LogP contribution in [-0.4, -0.2) is 12.1 Å². The van der Waals surface area contributed by atoms with Crippen LogP contribution in [-0.2, 0) is 0 Å². The van der Waals surface area contributed by atoms with E-state index in [-0.39, 0.29) is 0 Å². The average Bonchev–Trinajstić information content (AvgIpc) is 2.76. The summed E-state index contributed by atoms with van der Waals surface area (Å²) in [6, 6.07) is 12.4. The van der Waals surface area contributed by atoms with Gasteiger partial charge in [0.15, 0.2) is 0 Å². The molecule has 3 rings (SSSR count). The summed E-state index contributed by atoms with van der Waals surface area (Å²) in [7, 11) is 1.70. The molecule has 0 saturated heterocycles. The Morgan fingerprint density at radius 2 is 1.80 bits per heavy atom. The second kappa shape index (κ2) is 3.02. The predicted octanol–water partition coefficient (Wildman–Crippen LogP) is 3.33. The molecule has 0 unspecified atom stereocenters. The van der Waals surface area contributed by atoms with Crippen LogP contribution in [0.3, 0.4) is 0 Å². The average molecular weight is 197 g/mol. The molecular weight excluding hydrogens is 186 g/mol. The number of hydrogen-bond donors (Lipinski definition) is 1. The molecule has 3 aromatic rings. The van der Waals surface area contributed by atoms with Crippen LogP contribution >= 0.6 is 0 Å². The molecule has 0 aliphatic carbocycles. The number of hydrogen-bond acceptors (Lipinski definition) is 1. The van der Waals surface area contributed by atoms with Crippen molar-refractivity contribution >= 4 is 21.7 Å². The Kier molecular flexibility index (Phi) is 1.68. The zero-order valence-corrected chi connectivity index (χ0v) is 8.45. The van der Waals surface area contributed by atoms with Gasteiger partial charge in [-0.2, -0.15) is 0 Å². The van der Waals surface area contributed by atoms with E-state index in [2.05, 4.69) is 23.2 Å². The lowest BCUT2D eigenvalue weighted by molar-refractivity contribution is 0.420. The highest BCUT2D eigenvalue weighted by molar-refractivity contribution is 6.09. The molecule has 1 aromatic heterocycles. The minimum atomic E-state index is 0.917. The van der Waals surface area contributed by atoms with Crippen molar-refractivity contribution < 1.29 is 4.74 Å². The first-order chi connectivity index (χ1) is 7.40. The topological polar surface area (TPSA) is 25.0 Å². The molecule has 74 valence electrons. The maximum Gasteiger partial charge on any atom is 0.128 e. The summed E-state index contributed by atoms with van der Waals surface area (Å²) in [5, 5.41) is 3.63. The molecule has 2 heteroatoms. The SMILES string of the molecule is COc1cc2[nH]ccc2c2ccccc12. The van der Waals surface area contributed by atoms with Crippen molar-refractivity contribution in [2.75, 3.05) is 7.11 Å². The molecule has 0 radical (unpaired) electrons. The number of nitrogens with one attached hydrogen (secondary N) is 1. The van der Waals surface area contributed by atoms with Crippen LogP contribution < -0.4 is 4.74 Å². The van der Waals surface area contributed by atoms with E-state index in [4.69, 9.17) is 4.74 Å². The Morgan fingerprint density at radius 3 is 2.60 bits per heavy atom. The fourth-order valence-electron chi connectivity index (χ4n) is 2.05. The molecule has 2 nitrogen and oxygen atoms in total. The second-order valence-electron chi connectivity index (χ2n) is 3.56. The minimum Gasteiger partial charge on any atom is -0.496 e. The quantitative estimate of drug-likeness (QED) is 0.636. The van der Waals surface area contributed by atoms with Crippen LogP contribution in [0.5, 0.6) is 5.75 Å². The fraction of sp³-hybridized carbons (Fsp3) is 0.0769. The number of fused-ring (bicyclic) bond motifs is 3. The number of aromatic amines is 1. The van der Waals surface area contributed by atoms with Crippen LogP contribution in [0.25, 0.3) is 21.7 Å². The van der Waals surface area contributed by atoms with Crippen molar-refractivity contribution in [3.05, 3.63) is 42.6 Å². The number of benzene rings is 2. The van der Waals surface area contributed by atoms with Crippen LogP contribution in [0.15, 0.2) is 42.6 Å². The third-order valence-electron chi connectivity index (χ3n) is 2.76. The van der Waals surface area contributed by atoms with Crippen molar-refractivity contribution in [3.63, 3.8) is 0 Å². The monoisotopic (exact) mass is 197 g/mol. The number of methoxy groups -OCH3 is 1. The van der Waals surface area contributed by atoms with Gasteiger partial charge in [0.1, 0.15) is 5.75 Å². The van der Waals surface area contributed by atoms with Gasteiger partial charge in [-0.15, -0.1) is 0 Å². The first-order valence-electron chi connectivity index (χ1n) is 4.93. The third kappa shape index (κ3) is 1.11. The van der Waals surface area contributed by atoms with Crippen LogP contribution in [0.4, 0.5) is 0 Å². The van der Waals surface area contributed by atoms with E-state index < -0.39 is 0 Å². The molecule has 15 heavy (non-hydrogen) atoms. The smallest absolute Gasteiger partial charge is 0.128 e. The lowest BCUT2D eigenvalue weighted by Crippen LogP contribution is -1.85. The van der Waals surface area contributed by atoms with Gasteiger partial charge in [-0.3, -0.25) is 0 Å². The molecule has 0 amide bonds. The number of rotatable bonds is 1. The summed E-state index contributed by atoms with van der Waals surface area (Å²) in [5.41, 5.74) is 1.12. The van der Waals surface area contributed by atoms with E-state index in [1.807, 2.05) is 24.4 Å². The Morgan fingerprint density at radius 1 is 1.00 bits per heavy atom. The fourth-order valence-corrected chi connectivity index (χ4v) is 2.05. The van der Waals surface area contributed by atoms with Crippen LogP contribution in [0.2, 0.25) is 0 Å². The van der Waals surface area contributed by atoms with Crippen molar-refractivity contribution in [1.82, 2.24) is 4.98 Å². The highest BCUT2D eigenvalue weighted by atomic mass is 16.5. The van der Waals surface area contributed by atoms with E-state index in [1.165, 1.54) is 10.8 Å². The van der Waals surface area contributed by atoms with E-state index in [9.17, 15) is 0 Å². The van der Waals surface area contributed by atoms with Gasteiger partial charge >= 0.3 is 0 Å². The standard InChI is InChI=1S/C13H11NO/c1-15-13-8-12-10(6-7-14-12)9-4-2-3-5-11(9)13/h2-8,14H,1H3. The molecule has 0 fully saturated rings. The van der Waals surface area contributed by atoms with Gasteiger partial charge in [0, 0.05) is 28.6 Å². The molecule has 2 aromatic carbocycles. The summed E-state index contributed by atoms with van der Waals surface area (Å²) in [6.45, 7) is 0. The number of H-pyrrole nitrogens is 1. The summed E-state index contributed by atoms with van der Waals surface area (Å²) >= 11 is 0. The van der Waals surface area contributed by atoms with Gasteiger partial charge in [0.05, 0.1) is 7.11 Å². The molecule has 0 bridgehead atoms. The molecule has 1 heterocycles. The number of ether oxygens (including phenoxy) is 1. The molecule has 0 aliphatic heterocycles. The predicted molar refractivity (Wildman–Crippen MR) is 62.4 cm³/mol. The van der Waals surface area contributed by atoms with Crippen LogP contribution in [0, 0.1) is 0 Å². The molecular formula is C13H11NO. The molecule has 0 spiro atoms. The van der Waals surface area contributed by atoms with Gasteiger partial charge in [-0.1, -0.05) is 24.3 Å². The zero-order valence-electron chi connectivity index (χ0n) is 8.45. The van der Waals surface area contributed by atoms with E-state index >= 15 is 0 Å². The van der Waals surface area contributed by atoms with E-state index in [0.717, 1.165) is 16.7 Å². The van der Waals surface area contributed by atoms with Gasteiger partial charge in [0.25, 0.3) is 0 Å². The zero-order chi connectivity index (χ0) is 10.3. The summed E-state index contributed by atoms with van der Waals surface area (Å²) < 4.78 is 5.38. The third-order valence-corrected chi connectivity index (χ3v) is 2.76. The van der Waals surface area contributed by atoms with E-state index in [1.54, 1.807) is 7.11 Å². The Labute approximate surface area is 87.5 Å². The van der Waals surface area contributed by atoms with Crippen molar-refractivity contribution in [1.29, 1.82) is 0 Å². The van der Waals surface area contributed by atoms with Gasteiger partial charge < -0.3 is 9.72 Å². The second-order valence-corrected chi connectivity index (χ2v) is 3.56. The largest absolute Gasteiger partial charge is 0.496 e. The van der Waals surface area contributed by atoms with E-state index in [0.29, 0.717) is 0 Å². The Balaban J connectivity index is 2.58. The first-order valence-corrected chi connectivity index (χ1v) is 4.93. The van der Waals surface area contributed by atoms with Crippen molar-refractivity contribution in [2.45, 2.75) is 0 Å². The van der Waals surface area contributed by atoms with Crippen molar-refractivity contribution in [3.8, 4) is 5.75 Å². The number of aromatic nitrogens is 1. The van der Waals surface area contributed by atoms with Gasteiger partial charge in [-0.05, 0) is 11.5 Å². The molecule has 1 N–H and O–H groups in total. The first kappa shape index (κ1) is 8.36. The lowest BCUT2D eigenvalue weighted by atomic mass is 10.1. The Hall–Kier alpha value is -1.96. The van der Waals surface area contributed by atoms with Crippen molar-refractivity contribution in [2.24, 2.45) is 0 Å². The summed E-state index contributed by atoms with van der Waals surface area (Å²) in [5.74, 6) is 0.917. The maximum atomic E-state index is 5.38. The minimum absolute atomic E-state index is 0.917. The van der Waals surface area contributed by atoms with Gasteiger partial charge in [-0.25, -0.2) is 0 Å². The van der Waals surface area contributed by atoms with Gasteiger partial charge in [0.2, 0.25) is 0 Å². The Bertz CT molecular complexity index is 625. The molecule has 0 atom stereocenters. The highest BCUT2D eigenvalue weighted by Gasteiger charge is 2.06. The molecule has 0 aliphatic rings. The maximum absolute atomic E-state index is 5.38. The summed E-state index contributed by atoms with van der Waals surface area (Å²) in [4.78, 5) is 3.21. The summed E-state index contributed by atoms with van der Waals surface area (Å²) in [6.07, 6.45) is 1.95. The normalized spacial score (nSPS) is 11.0. The lowest BCUT2D eigenvalue weighted by Gasteiger charge is -2.06. The highest BCUT2D eigenvalue weighted by Crippen LogP contribution is 2.32. The molecule has 0 saturated carbocycles. The van der Waals surface area contributed by atoms with Crippen LogP contribution in [0.1, 0.15) is 0 Å².